The Bertz CT molecular complexity index is 1920. The average molecular weight is 706 g/mol. The quantitative estimate of drug-likeness (QED) is 0.222. The Balaban J connectivity index is 1.24. The molecule has 1 spiro atoms. The van der Waals surface area contributed by atoms with Gasteiger partial charge < -0.3 is 24.8 Å². The number of halogens is 1. The molecule has 1 aromatic carbocycles. The van der Waals surface area contributed by atoms with E-state index in [1.165, 1.54) is 17.3 Å². The summed E-state index contributed by atoms with van der Waals surface area (Å²) in [6.07, 6.45) is 3.17. The maximum absolute atomic E-state index is 16.5. The highest BCUT2D eigenvalue weighted by Crippen LogP contribution is 2.49. The summed E-state index contributed by atoms with van der Waals surface area (Å²) in [5.41, 5.74) is 0.324. The molecular formula is C36H44FN7O7. The summed E-state index contributed by atoms with van der Waals surface area (Å²) in [6.45, 7) is 13.7. The zero-order valence-electron chi connectivity index (χ0n) is 29.9. The molecule has 0 bridgehead atoms. The van der Waals surface area contributed by atoms with Crippen LogP contribution in [0.25, 0.3) is 21.9 Å². The number of amides is 5. The molecule has 6 rings (SSSR count). The number of nitrogens with zero attached hydrogens (tertiary/aromatic N) is 4. The number of carboxylic acid groups (broad SMARTS) is 1. The van der Waals surface area contributed by atoms with Gasteiger partial charge in [-0.25, -0.2) is 28.6 Å². The molecule has 3 aliphatic rings. The predicted molar refractivity (Wildman–Crippen MR) is 189 cm³/mol. The number of hydrogen-bond donors (Lipinski definition) is 4. The van der Waals surface area contributed by atoms with Gasteiger partial charge in [0.05, 0.1) is 17.1 Å². The van der Waals surface area contributed by atoms with Crippen molar-refractivity contribution in [2.45, 2.75) is 91.4 Å². The molecule has 15 heteroatoms. The fourth-order valence-corrected chi connectivity index (χ4v) is 7.13. The van der Waals surface area contributed by atoms with E-state index in [9.17, 15) is 24.3 Å². The van der Waals surface area contributed by atoms with Crippen LogP contribution >= 0.6 is 0 Å². The zero-order chi connectivity index (χ0) is 37.0. The first-order chi connectivity index (χ1) is 23.8. The highest BCUT2D eigenvalue weighted by atomic mass is 19.1. The number of benzene rings is 1. The maximum atomic E-state index is 16.5. The number of nitrogens with one attached hydrogen (secondary N) is 3. The number of ether oxygens (including phenoxy) is 2. The monoisotopic (exact) mass is 705 g/mol. The lowest BCUT2D eigenvalue weighted by atomic mass is 9.61. The Labute approximate surface area is 295 Å². The average Bonchev–Trinajstić information content (AvgIpc) is 2.97. The normalized spacial score (nSPS) is 16.9. The van der Waals surface area contributed by atoms with Crippen molar-refractivity contribution in [3.8, 4) is 11.1 Å². The van der Waals surface area contributed by atoms with Crippen LogP contribution in [0.2, 0.25) is 0 Å². The topological polar surface area (TPSA) is 175 Å². The van der Waals surface area contributed by atoms with Crippen molar-refractivity contribution in [2.24, 2.45) is 5.41 Å². The van der Waals surface area contributed by atoms with Gasteiger partial charge in [0.1, 0.15) is 17.0 Å². The van der Waals surface area contributed by atoms with Crippen molar-refractivity contribution in [1.29, 1.82) is 0 Å². The second kappa shape index (κ2) is 12.8. The van der Waals surface area contributed by atoms with Gasteiger partial charge in [0, 0.05) is 60.0 Å². The third-order valence-corrected chi connectivity index (χ3v) is 9.20. The van der Waals surface area contributed by atoms with E-state index in [-0.39, 0.29) is 46.5 Å². The Hall–Kier alpha value is -5.21. The summed E-state index contributed by atoms with van der Waals surface area (Å²) in [5.74, 6) is -0.594. The van der Waals surface area contributed by atoms with Crippen LogP contribution in [0.5, 0.6) is 0 Å². The van der Waals surface area contributed by atoms with Crippen molar-refractivity contribution in [3.63, 3.8) is 0 Å². The lowest BCUT2D eigenvalue weighted by Crippen LogP contribution is -2.68. The van der Waals surface area contributed by atoms with Gasteiger partial charge >= 0.3 is 24.3 Å². The second-order valence-corrected chi connectivity index (χ2v) is 15.7. The number of carbonyl (C=O) groups is 4. The smallest absolute Gasteiger partial charge is 0.412 e. The van der Waals surface area contributed by atoms with Crippen LogP contribution < -0.4 is 20.9 Å². The fourth-order valence-electron chi connectivity index (χ4n) is 7.13. The Kier molecular flexibility index (Phi) is 8.96. The van der Waals surface area contributed by atoms with Gasteiger partial charge in [0.25, 0.3) is 0 Å². The van der Waals surface area contributed by atoms with Gasteiger partial charge in [-0.15, -0.1) is 0 Å². The summed E-state index contributed by atoms with van der Waals surface area (Å²) in [7, 11) is 0. The van der Waals surface area contributed by atoms with E-state index in [4.69, 9.17) is 9.47 Å². The number of aromatic nitrogens is 2. The van der Waals surface area contributed by atoms with E-state index in [1.807, 2.05) is 20.8 Å². The van der Waals surface area contributed by atoms with Gasteiger partial charge in [0.15, 0.2) is 5.82 Å². The van der Waals surface area contributed by atoms with Gasteiger partial charge in [0.2, 0.25) is 0 Å². The maximum Gasteiger partial charge on any atom is 0.412 e. The lowest BCUT2D eigenvalue weighted by Gasteiger charge is -2.58. The largest absolute Gasteiger partial charge is 0.465 e. The number of hydrogen-bond acceptors (Lipinski definition) is 8. The molecule has 4 N–H and O–H groups in total. The molecule has 1 saturated carbocycles. The van der Waals surface area contributed by atoms with E-state index in [2.05, 4.69) is 25.9 Å². The van der Waals surface area contributed by atoms with E-state index < -0.39 is 35.2 Å². The second-order valence-electron chi connectivity index (χ2n) is 15.7. The summed E-state index contributed by atoms with van der Waals surface area (Å²) < 4.78 is 27.4. The van der Waals surface area contributed by atoms with Crippen molar-refractivity contribution in [2.75, 3.05) is 35.2 Å². The van der Waals surface area contributed by atoms with Crippen LogP contribution in [0.15, 0.2) is 24.5 Å². The molecule has 1 aliphatic carbocycles. The molecular weight excluding hydrogens is 661 g/mol. The molecule has 272 valence electrons. The van der Waals surface area contributed by atoms with Crippen molar-refractivity contribution in [1.82, 2.24) is 20.2 Å². The number of rotatable bonds is 4. The standard InChI is InChI=1S/C36H44FN7O7/c1-19-23(15-38-25-9-8-10-44(29(19)25)32(47)48)22-11-20-12-26(39-16-24(20)28(27(22)37)42-31(46)50-34(2,3)4)41-30(45)40-21-13-36(14-21)17-43(18-36)33(49)51-35(5,6)7/h11-12,15-16,21H,8-10,13-14,17-18H2,1-7H3,(H,42,46)(H,47,48)(H2,39,40,41,45). The lowest BCUT2D eigenvalue weighted by molar-refractivity contribution is -0.0806. The Morgan fingerprint density at radius 3 is 2.29 bits per heavy atom. The minimum atomic E-state index is -1.13. The molecule has 0 atom stereocenters. The molecule has 0 radical (unpaired) electrons. The molecule has 3 aromatic rings. The molecule has 51 heavy (non-hydrogen) atoms. The first-order valence-corrected chi connectivity index (χ1v) is 17.0. The van der Waals surface area contributed by atoms with Crippen molar-refractivity contribution in [3.05, 3.63) is 41.6 Å². The number of urea groups is 1. The molecule has 2 fully saturated rings. The molecule has 5 amide bonds. The SMILES string of the molecule is Cc1c(-c2cc3cc(NC(=O)NC4CC5(C4)CN(C(=O)OC(C)(C)C)C5)ncc3c(NC(=O)OC(C)(C)C)c2F)cnc2c1N(C(=O)O)CCC2. The number of likely N-dealkylation sites (tertiary alicyclic amines) is 1. The van der Waals surface area contributed by atoms with E-state index in [1.54, 1.807) is 44.7 Å². The number of anilines is 3. The number of aryl methyl sites for hydroxylation is 1. The molecule has 1 saturated heterocycles. The summed E-state index contributed by atoms with van der Waals surface area (Å²) in [6, 6.07) is 2.57. The van der Waals surface area contributed by atoms with Crippen LogP contribution in [0, 0.1) is 18.2 Å². The first kappa shape index (κ1) is 35.6. The van der Waals surface area contributed by atoms with Crippen molar-refractivity contribution < 1.29 is 38.1 Å². The Morgan fingerprint density at radius 1 is 0.961 bits per heavy atom. The fraction of sp³-hybridized carbons (Fsp3) is 0.500. The minimum Gasteiger partial charge on any atom is -0.465 e. The molecule has 14 nitrogen and oxygen atoms in total. The summed E-state index contributed by atoms with van der Waals surface area (Å²) in [5, 5.41) is 18.8. The summed E-state index contributed by atoms with van der Waals surface area (Å²) in [4.78, 5) is 62.0. The van der Waals surface area contributed by atoms with E-state index >= 15 is 4.39 Å². The third kappa shape index (κ3) is 7.47. The van der Waals surface area contributed by atoms with E-state index in [0.717, 1.165) is 12.8 Å². The molecule has 0 unspecified atom stereocenters. The van der Waals surface area contributed by atoms with E-state index in [0.29, 0.717) is 53.8 Å². The molecule has 4 heterocycles. The first-order valence-electron chi connectivity index (χ1n) is 17.0. The Morgan fingerprint density at radius 2 is 1.65 bits per heavy atom. The van der Waals surface area contributed by atoms with Gasteiger partial charge in [-0.1, -0.05) is 0 Å². The van der Waals surface area contributed by atoms with Crippen LogP contribution in [-0.2, 0) is 15.9 Å². The highest BCUT2D eigenvalue weighted by Gasteiger charge is 2.54. The van der Waals surface area contributed by atoms with Gasteiger partial charge in [-0.3, -0.25) is 20.5 Å². The van der Waals surface area contributed by atoms with Gasteiger partial charge in [-0.05, 0) is 97.2 Å². The van der Waals surface area contributed by atoms with Crippen molar-refractivity contribution >= 4 is 52.3 Å². The number of pyridine rings is 2. The van der Waals surface area contributed by atoms with Crippen LogP contribution in [-0.4, -0.2) is 81.2 Å². The molecule has 2 aliphatic heterocycles. The third-order valence-electron chi connectivity index (χ3n) is 9.20. The molecule has 2 aromatic heterocycles. The number of fused-ring (bicyclic) bond motifs is 2. The minimum absolute atomic E-state index is 0.0285. The van der Waals surface area contributed by atoms with Crippen LogP contribution in [0.4, 0.5) is 40.8 Å². The number of carbonyl (C=O) groups excluding carboxylic acids is 3. The predicted octanol–water partition coefficient (Wildman–Crippen LogP) is 7.04. The van der Waals surface area contributed by atoms with Crippen LogP contribution in [0.1, 0.15) is 72.1 Å². The highest BCUT2D eigenvalue weighted by molar-refractivity contribution is 6.05. The van der Waals surface area contributed by atoms with Gasteiger partial charge in [-0.2, -0.15) is 0 Å². The zero-order valence-corrected chi connectivity index (χ0v) is 29.9. The van der Waals surface area contributed by atoms with Crippen LogP contribution in [0.3, 0.4) is 0 Å². The summed E-state index contributed by atoms with van der Waals surface area (Å²) >= 11 is 0.